The van der Waals surface area contributed by atoms with Gasteiger partial charge in [-0.3, -0.25) is 9.59 Å². The molecule has 1 saturated heterocycles. The van der Waals surface area contributed by atoms with Crippen molar-refractivity contribution in [1.29, 1.82) is 0 Å². The molecule has 1 atom stereocenters. The quantitative estimate of drug-likeness (QED) is 0.241. The van der Waals surface area contributed by atoms with Crippen LogP contribution in [0.2, 0.25) is 0 Å². The minimum Gasteiger partial charge on any atom is -0.497 e. The molecule has 0 spiro atoms. The number of amides is 2. The summed E-state index contributed by atoms with van der Waals surface area (Å²) in [6.45, 7) is 3.28. The average molecular weight is 590 g/mol. The zero-order chi connectivity index (χ0) is 29.5. The second-order valence-electron chi connectivity index (χ2n) is 10.1. The van der Waals surface area contributed by atoms with Crippen molar-refractivity contribution >= 4 is 23.2 Å². The van der Waals surface area contributed by atoms with Crippen LogP contribution in [0.3, 0.4) is 0 Å². The van der Waals surface area contributed by atoms with Gasteiger partial charge in [0.05, 0.1) is 32.0 Å². The van der Waals surface area contributed by atoms with Crippen molar-refractivity contribution in [1.82, 2.24) is 15.2 Å². The molecule has 1 aliphatic rings. The number of aromatic nitrogens is 1. The first-order chi connectivity index (χ1) is 20.5. The second-order valence-corrected chi connectivity index (χ2v) is 11.0. The van der Waals surface area contributed by atoms with Crippen LogP contribution in [-0.2, 0) is 17.8 Å². The van der Waals surface area contributed by atoms with Gasteiger partial charge in [-0.05, 0) is 80.3 Å². The van der Waals surface area contributed by atoms with Gasteiger partial charge < -0.3 is 28.8 Å². The number of benzene rings is 2. The molecule has 3 heterocycles. The lowest BCUT2D eigenvalue weighted by Gasteiger charge is -2.29. The summed E-state index contributed by atoms with van der Waals surface area (Å²) in [4.78, 5) is 34.1. The fourth-order valence-corrected chi connectivity index (χ4v) is 5.76. The number of carbonyl (C=O) groups excluding carboxylic acids is 2. The maximum atomic E-state index is 13.9. The molecule has 0 saturated carbocycles. The van der Waals surface area contributed by atoms with Crippen LogP contribution in [0.15, 0.2) is 64.5 Å². The minimum atomic E-state index is -0.626. The number of thiazole rings is 1. The predicted octanol–water partition coefficient (Wildman–Crippen LogP) is 5.66. The molecule has 220 valence electrons. The summed E-state index contributed by atoms with van der Waals surface area (Å²) in [5, 5.41) is 2.96. The first-order valence-corrected chi connectivity index (χ1v) is 14.9. The van der Waals surface area contributed by atoms with Crippen LogP contribution >= 0.6 is 11.3 Å². The van der Waals surface area contributed by atoms with Crippen LogP contribution in [0.1, 0.15) is 46.0 Å². The molecule has 42 heavy (non-hydrogen) atoms. The van der Waals surface area contributed by atoms with E-state index in [1.807, 2.05) is 54.9 Å². The lowest BCUT2D eigenvalue weighted by atomic mass is 10.1. The topological polar surface area (TPSA) is 103 Å². The van der Waals surface area contributed by atoms with E-state index in [1.165, 1.54) is 4.88 Å². The monoisotopic (exact) mass is 589 g/mol. The molecular formula is C32H35N3O6S. The van der Waals surface area contributed by atoms with Gasteiger partial charge in [0.2, 0.25) is 5.91 Å². The largest absolute Gasteiger partial charge is 0.497 e. The average Bonchev–Trinajstić information content (AvgIpc) is 3.62. The van der Waals surface area contributed by atoms with Crippen molar-refractivity contribution in [3.8, 4) is 28.6 Å². The standard InChI is InChI=1S/C32H35N3O6S/c1-21-30(42-20-34-21)15-17-40-27-12-7-22(18-29(27)39-3)19-35(25-6-4-5-16-33-31(25)36)32(37)28-14-13-26(41-28)23-8-10-24(38-2)11-9-23/h7-14,18,20,25H,4-6,15-17,19H2,1-3H3,(H,33,36)/t25-/m0/s1. The summed E-state index contributed by atoms with van der Waals surface area (Å²) in [6, 6.07) is 15.8. The molecule has 0 radical (unpaired) electrons. The molecule has 2 aromatic heterocycles. The van der Waals surface area contributed by atoms with Crippen LogP contribution < -0.4 is 19.5 Å². The van der Waals surface area contributed by atoms with Gasteiger partial charge >= 0.3 is 0 Å². The maximum Gasteiger partial charge on any atom is 0.290 e. The Bertz CT molecular complexity index is 1510. The summed E-state index contributed by atoms with van der Waals surface area (Å²) in [5.74, 6) is 2.12. The summed E-state index contributed by atoms with van der Waals surface area (Å²) in [6.07, 6.45) is 3.02. The second kappa shape index (κ2) is 13.6. The highest BCUT2D eigenvalue weighted by molar-refractivity contribution is 7.09. The Kier molecular flexibility index (Phi) is 9.43. The number of furan rings is 1. The molecule has 0 bridgehead atoms. The molecule has 2 aromatic carbocycles. The normalized spacial score (nSPS) is 15.0. The van der Waals surface area contributed by atoms with Crippen LogP contribution in [0, 0.1) is 6.92 Å². The van der Waals surface area contributed by atoms with E-state index in [0.29, 0.717) is 36.8 Å². The molecule has 4 aromatic rings. The first kappa shape index (κ1) is 29.2. The van der Waals surface area contributed by atoms with E-state index in [0.717, 1.165) is 41.8 Å². The highest BCUT2D eigenvalue weighted by Gasteiger charge is 2.33. The van der Waals surface area contributed by atoms with Crippen molar-refractivity contribution in [3.05, 3.63) is 82.0 Å². The number of carbonyl (C=O) groups is 2. The Morgan fingerprint density at radius 1 is 1.07 bits per heavy atom. The van der Waals surface area contributed by atoms with E-state index in [4.69, 9.17) is 18.6 Å². The van der Waals surface area contributed by atoms with Crippen molar-refractivity contribution < 1.29 is 28.2 Å². The molecule has 10 heteroatoms. The fraction of sp³-hybridized carbons (Fsp3) is 0.344. The Hall–Kier alpha value is -4.31. The Morgan fingerprint density at radius 3 is 2.64 bits per heavy atom. The number of aryl methyl sites for hydroxylation is 1. The van der Waals surface area contributed by atoms with Crippen molar-refractivity contribution in [2.75, 3.05) is 27.4 Å². The third-order valence-corrected chi connectivity index (χ3v) is 8.34. The van der Waals surface area contributed by atoms with E-state index in [2.05, 4.69) is 10.3 Å². The zero-order valence-electron chi connectivity index (χ0n) is 24.1. The van der Waals surface area contributed by atoms with E-state index < -0.39 is 6.04 Å². The lowest BCUT2D eigenvalue weighted by molar-refractivity contribution is -0.125. The molecule has 9 nitrogen and oxygen atoms in total. The summed E-state index contributed by atoms with van der Waals surface area (Å²) >= 11 is 1.62. The SMILES string of the molecule is COc1ccc(-c2ccc(C(=O)N(Cc3ccc(OCCc4scnc4C)c(OC)c3)[C@H]3CCCCNC3=O)o2)cc1. The Labute approximate surface area is 249 Å². The molecule has 0 aliphatic carbocycles. The minimum absolute atomic E-state index is 0.159. The fourth-order valence-electron chi connectivity index (χ4n) is 4.99. The van der Waals surface area contributed by atoms with Gasteiger partial charge in [-0.25, -0.2) is 4.98 Å². The number of nitrogens with one attached hydrogen (secondary N) is 1. The number of hydrogen-bond acceptors (Lipinski definition) is 8. The van der Waals surface area contributed by atoms with Gasteiger partial charge in [-0.1, -0.05) is 6.07 Å². The third kappa shape index (κ3) is 6.76. The van der Waals surface area contributed by atoms with Crippen molar-refractivity contribution in [2.24, 2.45) is 0 Å². The van der Waals surface area contributed by atoms with E-state index in [-0.39, 0.29) is 24.1 Å². The van der Waals surface area contributed by atoms with Gasteiger partial charge in [-0.2, -0.15) is 0 Å². The summed E-state index contributed by atoms with van der Waals surface area (Å²) in [7, 11) is 3.20. The van der Waals surface area contributed by atoms with Gasteiger partial charge in [-0.15, -0.1) is 11.3 Å². The number of methoxy groups -OCH3 is 2. The Balaban J connectivity index is 1.36. The van der Waals surface area contributed by atoms with Crippen molar-refractivity contribution in [2.45, 2.75) is 45.2 Å². The summed E-state index contributed by atoms with van der Waals surface area (Å²) in [5.41, 5.74) is 4.49. The molecule has 0 unspecified atom stereocenters. The lowest BCUT2D eigenvalue weighted by Crippen LogP contribution is -2.48. The van der Waals surface area contributed by atoms with E-state index in [9.17, 15) is 9.59 Å². The highest BCUT2D eigenvalue weighted by Crippen LogP contribution is 2.31. The zero-order valence-corrected chi connectivity index (χ0v) is 24.9. The predicted molar refractivity (Wildman–Crippen MR) is 160 cm³/mol. The number of nitrogens with zero attached hydrogens (tertiary/aromatic N) is 2. The number of ether oxygens (including phenoxy) is 3. The van der Waals surface area contributed by atoms with E-state index >= 15 is 0 Å². The van der Waals surface area contributed by atoms with Crippen molar-refractivity contribution in [3.63, 3.8) is 0 Å². The van der Waals surface area contributed by atoms with Crippen LogP contribution in [-0.4, -0.2) is 55.1 Å². The highest BCUT2D eigenvalue weighted by atomic mass is 32.1. The van der Waals surface area contributed by atoms with Gasteiger partial charge in [0.1, 0.15) is 17.6 Å². The third-order valence-electron chi connectivity index (χ3n) is 7.35. The molecule has 1 N–H and O–H groups in total. The number of rotatable bonds is 11. The van der Waals surface area contributed by atoms with Gasteiger partial charge in [0.15, 0.2) is 17.3 Å². The maximum absolute atomic E-state index is 13.9. The van der Waals surface area contributed by atoms with E-state index in [1.54, 1.807) is 42.6 Å². The van der Waals surface area contributed by atoms with Gasteiger partial charge in [0, 0.05) is 30.0 Å². The van der Waals surface area contributed by atoms with Crippen LogP contribution in [0.25, 0.3) is 11.3 Å². The smallest absolute Gasteiger partial charge is 0.290 e. The molecular weight excluding hydrogens is 554 g/mol. The van der Waals surface area contributed by atoms with Crippen LogP contribution in [0.5, 0.6) is 17.2 Å². The number of hydrogen-bond donors (Lipinski definition) is 1. The van der Waals surface area contributed by atoms with Gasteiger partial charge in [0.25, 0.3) is 5.91 Å². The molecule has 5 rings (SSSR count). The molecule has 1 fully saturated rings. The summed E-state index contributed by atoms with van der Waals surface area (Å²) < 4.78 is 22.9. The van der Waals surface area contributed by atoms with Crippen LogP contribution in [0.4, 0.5) is 0 Å². The Morgan fingerprint density at radius 2 is 1.90 bits per heavy atom. The first-order valence-electron chi connectivity index (χ1n) is 14.0. The molecule has 2 amide bonds. The molecule has 1 aliphatic heterocycles.